The van der Waals surface area contributed by atoms with E-state index < -0.39 is 0 Å². The molecule has 0 aliphatic carbocycles. The predicted octanol–water partition coefficient (Wildman–Crippen LogP) is 2.59. The van der Waals surface area contributed by atoms with E-state index >= 15 is 0 Å². The minimum Gasteiger partial charge on any atom is -0.469 e. The van der Waals surface area contributed by atoms with E-state index in [-0.39, 0.29) is 5.91 Å². The summed E-state index contributed by atoms with van der Waals surface area (Å²) in [6.45, 7) is 2.63. The number of rotatable bonds is 6. The number of carbonyl (C=O) groups excluding carboxylic acids is 1. The fourth-order valence-corrected chi connectivity index (χ4v) is 1.52. The SMILES string of the molecule is CCc1occc1C(=O)NCCCCCl. The number of nitrogens with one attached hydrogen (secondary N) is 1. The van der Waals surface area contributed by atoms with Gasteiger partial charge in [0, 0.05) is 18.8 Å². The zero-order chi connectivity index (χ0) is 11.1. The smallest absolute Gasteiger partial charge is 0.254 e. The van der Waals surface area contributed by atoms with Crippen molar-refractivity contribution >= 4 is 17.5 Å². The van der Waals surface area contributed by atoms with Crippen LogP contribution in [-0.2, 0) is 6.42 Å². The van der Waals surface area contributed by atoms with Crippen LogP contribution < -0.4 is 5.32 Å². The summed E-state index contributed by atoms with van der Waals surface area (Å²) in [7, 11) is 0. The Bertz CT molecular complexity index is 309. The van der Waals surface area contributed by atoms with Crippen LogP contribution in [0.3, 0.4) is 0 Å². The number of hydrogen-bond donors (Lipinski definition) is 1. The highest BCUT2D eigenvalue weighted by atomic mass is 35.5. The van der Waals surface area contributed by atoms with Gasteiger partial charge in [-0.2, -0.15) is 0 Å². The Morgan fingerprint density at radius 2 is 2.33 bits per heavy atom. The second-order valence-electron chi connectivity index (χ2n) is 3.26. The van der Waals surface area contributed by atoms with E-state index in [1.807, 2.05) is 6.92 Å². The quantitative estimate of drug-likeness (QED) is 0.602. The third-order valence-electron chi connectivity index (χ3n) is 2.16. The highest BCUT2D eigenvalue weighted by Crippen LogP contribution is 2.10. The first-order chi connectivity index (χ1) is 7.29. The molecule has 1 rings (SSSR count). The predicted molar refractivity (Wildman–Crippen MR) is 60.4 cm³/mol. The van der Waals surface area contributed by atoms with Crippen molar-refractivity contribution in [2.24, 2.45) is 0 Å². The highest BCUT2D eigenvalue weighted by molar-refractivity contribution is 6.17. The van der Waals surface area contributed by atoms with Crippen LogP contribution in [-0.4, -0.2) is 18.3 Å². The van der Waals surface area contributed by atoms with Gasteiger partial charge in [0.1, 0.15) is 5.76 Å². The van der Waals surface area contributed by atoms with E-state index in [0.29, 0.717) is 18.0 Å². The van der Waals surface area contributed by atoms with E-state index in [4.69, 9.17) is 16.0 Å². The van der Waals surface area contributed by atoms with Gasteiger partial charge in [-0.3, -0.25) is 4.79 Å². The topological polar surface area (TPSA) is 42.2 Å². The van der Waals surface area contributed by atoms with E-state index in [9.17, 15) is 4.79 Å². The molecule has 1 aromatic rings. The zero-order valence-electron chi connectivity index (χ0n) is 8.88. The van der Waals surface area contributed by atoms with Crippen molar-refractivity contribution in [3.63, 3.8) is 0 Å². The van der Waals surface area contributed by atoms with Crippen LogP contribution in [0.2, 0.25) is 0 Å². The van der Waals surface area contributed by atoms with Crippen LogP contribution in [0.4, 0.5) is 0 Å². The molecule has 0 unspecified atom stereocenters. The van der Waals surface area contributed by atoms with Gasteiger partial charge in [-0.05, 0) is 18.9 Å². The molecule has 15 heavy (non-hydrogen) atoms. The monoisotopic (exact) mass is 229 g/mol. The maximum atomic E-state index is 11.6. The van der Waals surface area contributed by atoms with Crippen LogP contribution in [0.25, 0.3) is 0 Å². The van der Waals surface area contributed by atoms with Crippen LogP contribution in [0.5, 0.6) is 0 Å². The molecule has 0 fully saturated rings. The first kappa shape index (κ1) is 12.1. The molecular formula is C11H16ClNO2. The average molecular weight is 230 g/mol. The van der Waals surface area contributed by atoms with Crippen LogP contribution in [0.1, 0.15) is 35.9 Å². The Morgan fingerprint density at radius 3 is 3.00 bits per heavy atom. The number of unbranched alkanes of at least 4 members (excludes halogenated alkanes) is 1. The maximum absolute atomic E-state index is 11.6. The number of aryl methyl sites for hydroxylation is 1. The van der Waals surface area contributed by atoms with Crippen molar-refractivity contribution in [2.45, 2.75) is 26.2 Å². The molecule has 84 valence electrons. The Labute approximate surface area is 94.8 Å². The van der Waals surface area contributed by atoms with E-state index in [1.165, 1.54) is 0 Å². The first-order valence-corrected chi connectivity index (χ1v) is 5.73. The van der Waals surface area contributed by atoms with E-state index in [1.54, 1.807) is 12.3 Å². The fraction of sp³-hybridized carbons (Fsp3) is 0.545. The van der Waals surface area contributed by atoms with Crippen molar-refractivity contribution < 1.29 is 9.21 Å². The molecule has 1 amide bonds. The molecule has 0 aromatic carbocycles. The van der Waals surface area contributed by atoms with Gasteiger partial charge >= 0.3 is 0 Å². The lowest BCUT2D eigenvalue weighted by molar-refractivity contribution is 0.0951. The molecule has 0 saturated heterocycles. The van der Waals surface area contributed by atoms with Crippen molar-refractivity contribution in [2.75, 3.05) is 12.4 Å². The lowest BCUT2D eigenvalue weighted by Gasteiger charge is -2.03. The summed E-state index contributed by atoms with van der Waals surface area (Å²) in [4.78, 5) is 11.6. The Balaban J connectivity index is 2.40. The van der Waals surface area contributed by atoms with Crippen molar-refractivity contribution in [3.8, 4) is 0 Å². The van der Waals surface area contributed by atoms with Crippen molar-refractivity contribution in [1.29, 1.82) is 0 Å². The summed E-state index contributed by atoms with van der Waals surface area (Å²) in [5.74, 6) is 1.32. The molecule has 0 atom stereocenters. The van der Waals surface area contributed by atoms with Gasteiger partial charge in [-0.1, -0.05) is 6.92 Å². The lowest BCUT2D eigenvalue weighted by Crippen LogP contribution is -2.24. The average Bonchev–Trinajstić information content (AvgIpc) is 2.72. The van der Waals surface area contributed by atoms with Crippen LogP contribution in [0, 0.1) is 0 Å². The minimum atomic E-state index is -0.0600. The maximum Gasteiger partial charge on any atom is 0.254 e. The summed E-state index contributed by atoms with van der Waals surface area (Å²) in [5, 5.41) is 2.84. The Hall–Kier alpha value is -0.960. The summed E-state index contributed by atoms with van der Waals surface area (Å²) in [5.41, 5.74) is 0.642. The number of hydrogen-bond acceptors (Lipinski definition) is 2. The number of amides is 1. The van der Waals surface area contributed by atoms with Gasteiger partial charge < -0.3 is 9.73 Å². The molecule has 1 aromatic heterocycles. The lowest BCUT2D eigenvalue weighted by atomic mass is 10.2. The van der Waals surface area contributed by atoms with Crippen LogP contribution in [0.15, 0.2) is 16.7 Å². The number of halogens is 1. The fourth-order valence-electron chi connectivity index (χ4n) is 1.33. The standard InChI is InChI=1S/C11H16ClNO2/c1-2-10-9(5-8-15-10)11(14)13-7-4-3-6-12/h5,8H,2-4,6-7H2,1H3,(H,13,14). The Morgan fingerprint density at radius 1 is 1.53 bits per heavy atom. The molecule has 3 nitrogen and oxygen atoms in total. The van der Waals surface area contributed by atoms with Crippen molar-refractivity contribution in [1.82, 2.24) is 5.32 Å². The number of carbonyl (C=O) groups is 1. The second kappa shape index (κ2) is 6.51. The van der Waals surface area contributed by atoms with Gasteiger partial charge in [0.05, 0.1) is 11.8 Å². The molecule has 0 aliphatic heterocycles. The first-order valence-electron chi connectivity index (χ1n) is 5.20. The van der Waals surface area contributed by atoms with Gasteiger partial charge in [0.25, 0.3) is 5.91 Å². The minimum absolute atomic E-state index is 0.0600. The summed E-state index contributed by atoms with van der Waals surface area (Å²) >= 11 is 5.54. The molecule has 0 radical (unpaired) electrons. The molecule has 0 aliphatic rings. The molecule has 0 bridgehead atoms. The number of alkyl halides is 1. The molecular weight excluding hydrogens is 214 g/mol. The van der Waals surface area contributed by atoms with Gasteiger partial charge in [0.15, 0.2) is 0 Å². The third-order valence-corrected chi connectivity index (χ3v) is 2.42. The Kier molecular flexibility index (Phi) is 5.26. The van der Waals surface area contributed by atoms with Gasteiger partial charge in [-0.25, -0.2) is 0 Å². The van der Waals surface area contributed by atoms with Crippen LogP contribution >= 0.6 is 11.6 Å². The molecule has 1 heterocycles. The van der Waals surface area contributed by atoms with Crippen molar-refractivity contribution in [3.05, 3.63) is 23.7 Å². The van der Waals surface area contributed by atoms with E-state index in [2.05, 4.69) is 5.32 Å². The molecule has 1 N–H and O–H groups in total. The van der Waals surface area contributed by atoms with E-state index in [0.717, 1.165) is 25.0 Å². The number of furan rings is 1. The zero-order valence-corrected chi connectivity index (χ0v) is 9.64. The van der Waals surface area contributed by atoms with Gasteiger partial charge in [0.2, 0.25) is 0 Å². The summed E-state index contributed by atoms with van der Waals surface area (Å²) < 4.78 is 5.18. The highest BCUT2D eigenvalue weighted by Gasteiger charge is 2.11. The summed E-state index contributed by atoms with van der Waals surface area (Å²) in [6.07, 6.45) is 4.12. The largest absolute Gasteiger partial charge is 0.469 e. The summed E-state index contributed by atoms with van der Waals surface area (Å²) in [6, 6.07) is 1.70. The molecule has 0 saturated carbocycles. The second-order valence-corrected chi connectivity index (χ2v) is 3.64. The molecule has 4 heteroatoms. The normalized spacial score (nSPS) is 10.3. The van der Waals surface area contributed by atoms with Gasteiger partial charge in [-0.15, -0.1) is 11.6 Å². The molecule has 0 spiro atoms. The third kappa shape index (κ3) is 3.59.